The van der Waals surface area contributed by atoms with Gasteiger partial charge in [0.2, 0.25) is 15.9 Å². The minimum atomic E-state index is -3.50. The lowest BCUT2D eigenvalue weighted by Crippen LogP contribution is -2.28. The van der Waals surface area contributed by atoms with Gasteiger partial charge in [-0.25, -0.2) is 8.42 Å². The Balaban J connectivity index is 1.61. The molecule has 162 valence electrons. The summed E-state index contributed by atoms with van der Waals surface area (Å²) in [5.41, 5.74) is 1.91. The lowest BCUT2D eigenvalue weighted by Gasteiger charge is -2.17. The van der Waals surface area contributed by atoms with Crippen LogP contribution in [-0.2, 0) is 21.2 Å². The summed E-state index contributed by atoms with van der Waals surface area (Å²) in [6.07, 6.45) is 2.47. The lowest BCUT2D eigenvalue weighted by molar-refractivity contribution is -0.121. The summed E-state index contributed by atoms with van der Waals surface area (Å²) in [6.45, 7) is 3.76. The van der Waals surface area contributed by atoms with Crippen molar-refractivity contribution in [3.63, 3.8) is 0 Å². The summed E-state index contributed by atoms with van der Waals surface area (Å²) in [4.78, 5) is 12.6. The van der Waals surface area contributed by atoms with Crippen molar-refractivity contribution in [1.82, 2.24) is 9.62 Å². The van der Waals surface area contributed by atoms with Gasteiger partial charge in [0, 0.05) is 26.1 Å². The van der Waals surface area contributed by atoms with Gasteiger partial charge in [0.15, 0.2) is 0 Å². The first-order valence-electron chi connectivity index (χ1n) is 10.4. The normalized spacial score (nSPS) is 15.7. The number of ether oxygens (including phenoxy) is 1. The standard InChI is InChI=1S/C23H30N2O4S/c1-18(19-8-4-3-5-9-19)17-24-23(26)13-10-20-16-21(11-12-22(20)29-2)30(27,28)25-14-6-7-15-25/h3-5,8-9,11-12,16,18H,6-7,10,13-15,17H2,1-2H3,(H,24,26). The number of amides is 1. The number of hydrogen-bond donors (Lipinski definition) is 1. The van der Waals surface area contributed by atoms with Crippen LogP contribution in [0.1, 0.15) is 43.2 Å². The van der Waals surface area contributed by atoms with E-state index in [1.54, 1.807) is 25.3 Å². The molecule has 1 fully saturated rings. The van der Waals surface area contributed by atoms with E-state index in [-0.39, 0.29) is 23.1 Å². The maximum atomic E-state index is 12.8. The Kier molecular flexibility index (Phi) is 7.50. The van der Waals surface area contributed by atoms with E-state index in [0.717, 1.165) is 18.4 Å². The molecule has 6 nitrogen and oxygen atoms in total. The third kappa shape index (κ3) is 5.40. The zero-order chi connectivity index (χ0) is 21.6. The first kappa shape index (κ1) is 22.3. The average molecular weight is 431 g/mol. The minimum absolute atomic E-state index is 0.0624. The molecule has 1 saturated heterocycles. The zero-order valence-electron chi connectivity index (χ0n) is 17.6. The quantitative estimate of drug-likeness (QED) is 0.662. The van der Waals surface area contributed by atoms with Gasteiger partial charge in [-0.1, -0.05) is 37.3 Å². The van der Waals surface area contributed by atoms with Gasteiger partial charge in [-0.15, -0.1) is 0 Å². The highest BCUT2D eigenvalue weighted by Gasteiger charge is 2.27. The fourth-order valence-corrected chi connectivity index (χ4v) is 5.26. The van der Waals surface area contributed by atoms with Gasteiger partial charge in [0.25, 0.3) is 0 Å². The van der Waals surface area contributed by atoms with Crippen molar-refractivity contribution in [1.29, 1.82) is 0 Å². The van der Waals surface area contributed by atoms with E-state index in [9.17, 15) is 13.2 Å². The smallest absolute Gasteiger partial charge is 0.243 e. The molecule has 0 bridgehead atoms. The van der Waals surface area contributed by atoms with Gasteiger partial charge < -0.3 is 10.1 Å². The molecule has 1 N–H and O–H groups in total. The van der Waals surface area contributed by atoms with Crippen molar-refractivity contribution in [2.45, 2.75) is 43.4 Å². The molecule has 7 heteroatoms. The Labute approximate surface area is 179 Å². The number of benzene rings is 2. The minimum Gasteiger partial charge on any atom is -0.496 e. The Bertz CT molecular complexity index is 954. The molecular formula is C23H30N2O4S. The monoisotopic (exact) mass is 430 g/mol. The van der Waals surface area contributed by atoms with Crippen molar-refractivity contribution in [3.05, 3.63) is 59.7 Å². The van der Waals surface area contributed by atoms with Crippen molar-refractivity contribution in [3.8, 4) is 5.75 Å². The topological polar surface area (TPSA) is 75.7 Å². The van der Waals surface area contributed by atoms with Crippen LogP contribution < -0.4 is 10.1 Å². The molecule has 1 atom stereocenters. The third-order valence-electron chi connectivity index (χ3n) is 5.55. The molecule has 0 spiro atoms. The summed E-state index contributed by atoms with van der Waals surface area (Å²) in [7, 11) is -1.95. The van der Waals surface area contributed by atoms with Crippen molar-refractivity contribution in [2.24, 2.45) is 0 Å². The molecule has 0 radical (unpaired) electrons. The highest BCUT2D eigenvalue weighted by atomic mass is 32.2. The third-order valence-corrected chi connectivity index (χ3v) is 7.44. The van der Waals surface area contributed by atoms with Crippen LogP contribution in [0.2, 0.25) is 0 Å². The summed E-state index contributed by atoms with van der Waals surface area (Å²) in [5, 5.41) is 2.97. The van der Waals surface area contributed by atoms with Crippen LogP contribution in [-0.4, -0.2) is 45.4 Å². The second-order valence-electron chi connectivity index (χ2n) is 7.70. The number of nitrogens with one attached hydrogen (secondary N) is 1. The van der Waals surface area contributed by atoms with Crippen molar-refractivity contribution in [2.75, 3.05) is 26.7 Å². The van der Waals surface area contributed by atoms with E-state index < -0.39 is 10.0 Å². The van der Waals surface area contributed by atoms with Crippen LogP contribution in [0.5, 0.6) is 5.75 Å². The van der Waals surface area contributed by atoms with Gasteiger partial charge >= 0.3 is 0 Å². The number of carbonyl (C=O) groups excluding carboxylic acids is 1. The van der Waals surface area contributed by atoms with E-state index in [4.69, 9.17) is 4.74 Å². The number of hydrogen-bond acceptors (Lipinski definition) is 4. The first-order valence-corrected chi connectivity index (χ1v) is 11.8. The molecule has 30 heavy (non-hydrogen) atoms. The SMILES string of the molecule is COc1ccc(S(=O)(=O)N2CCCC2)cc1CCC(=O)NCC(C)c1ccccc1. The molecule has 2 aromatic carbocycles. The number of nitrogens with zero attached hydrogens (tertiary/aromatic N) is 1. The van der Waals surface area contributed by atoms with Gasteiger partial charge in [-0.05, 0) is 54.5 Å². The molecule has 0 aromatic heterocycles. The molecule has 0 aliphatic carbocycles. The van der Waals surface area contributed by atoms with Gasteiger partial charge in [-0.2, -0.15) is 4.31 Å². The summed E-state index contributed by atoms with van der Waals surface area (Å²) < 4.78 is 32.6. The molecule has 0 saturated carbocycles. The Hall–Kier alpha value is -2.38. The molecule has 3 rings (SSSR count). The molecular weight excluding hydrogens is 400 g/mol. The lowest BCUT2D eigenvalue weighted by atomic mass is 10.0. The highest BCUT2D eigenvalue weighted by Crippen LogP contribution is 2.27. The maximum absolute atomic E-state index is 12.8. The maximum Gasteiger partial charge on any atom is 0.243 e. The van der Waals surface area contributed by atoms with E-state index >= 15 is 0 Å². The molecule has 1 aliphatic rings. The number of carbonyl (C=O) groups is 1. The number of rotatable bonds is 9. The zero-order valence-corrected chi connectivity index (χ0v) is 18.5. The Morgan fingerprint density at radius 1 is 1.13 bits per heavy atom. The van der Waals surface area contributed by atoms with Crippen molar-refractivity contribution >= 4 is 15.9 Å². The highest BCUT2D eigenvalue weighted by molar-refractivity contribution is 7.89. The first-order chi connectivity index (χ1) is 14.4. The van der Waals surface area contributed by atoms with E-state index in [2.05, 4.69) is 12.2 Å². The van der Waals surface area contributed by atoms with E-state index in [1.165, 1.54) is 9.87 Å². The summed E-state index contributed by atoms with van der Waals surface area (Å²) in [5.74, 6) is 0.757. The average Bonchev–Trinajstić information content (AvgIpc) is 3.32. The fraction of sp³-hybridized carbons (Fsp3) is 0.435. The molecule has 1 aliphatic heterocycles. The van der Waals surface area contributed by atoms with Crippen LogP contribution in [0.4, 0.5) is 0 Å². The second-order valence-corrected chi connectivity index (χ2v) is 9.64. The Morgan fingerprint density at radius 3 is 2.50 bits per heavy atom. The molecule has 1 amide bonds. The number of sulfonamides is 1. The second kappa shape index (κ2) is 10.1. The van der Waals surface area contributed by atoms with Crippen LogP contribution in [0.3, 0.4) is 0 Å². The van der Waals surface area contributed by atoms with Gasteiger partial charge in [0.05, 0.1) is 12.0 Å². The summed E-state index contributed by atoms with van der Waals surface area (Å²) >= 11 is 0. The summed E-state index contributed by atoms with van der Waals surface area (Å²) in [6, 6.07) is 15.0. The van der Waals surface area contributed by atoms with Crippen LogP contribution in [0.25, 0.3) is 0 Å². The van der Waals surface area contributed by atoms with Crippen LogP contribution >= 0.6 is 0 Å². The van der Waals surface area contributed by atoms with Crippen LogP contribution in [0, 0.1) is 0 Å². The fourth-order valence-electron chi connectivity index (χ4n) is 3.69. The van der Waals surface area contributed by atoms with E-state index in [0.29, 0.717) is 31.8 Å². The Morgan fingerprint density at radius 2 is 1.83 bits per heavy atom. The van der Waals surface area contributed by atoms with Gasteiger partial charge in [0.1, 0.15) is 5.75 Å². The largest absolute Gasteiger partial charge is 0.496 e. The molecule has 1 unspecified atom stereocenters. The van der Waals surface area contributed by atoms with Gasteiger partial charge in [-0.3, -0.25) is 4.79 Å². The molecule has 2 aromatic rings. The number of methoxy groups -OCH3 is 1. The van der Waals surface area contributed by atoms with Crippen LogP contribution in [0.15, 0.2) is 53.4 Å². The predicted octanol–water partition coefficient (Wildman–Crippen LogP) is 3.33. The number of aryl methyl sites for hydroxylation is 1. The van der Waals surface area contributed by atoms with E-state index in [1.807, 2.05) is 30.3 Å². The van der Waals surface area contributed by atoms with Crippen molar-refractivity contribution < 1.29 is 17.9 Å². The predicted molar refractivity (Wildman–Crippen MR) is 117 cm³/mol. The molecule has 1 heterocycles.